The van der Waals surface area contributed by atoms with Crippen LogP contribution in [0.2, 0.25) is 0 Å². The van der Waals surface area contributed by atoms with Crippen molar-refractivity contribution in [1.29, 1.82) is 0 Å². The van der Waals surface area contributed by atoms with E-state index in [1.54, 1.807) is 0 Å². The van der Waals surface area contributed by atoms with Crippen LogP contribution in [-0.2, 0) is 0 Å². The summed E-state index contributed by atoms with van der Waals surface area (Å²) in [5.74, 6) is -0.736. The van der Waals surface area contributed by atoms with Gasteiger partial charge < -0.3 is 14.9 Å². The molecule has 0 radical (unpaired) electrons. The first kappa shape index (κ1) is 12.1. The lowest BCUT2D eigenvalue weighted by Gasteiger charge is -2.08. The molecule has 0 spiro atoms. The average molecular weight is 264 g/mol. The summed E-state index contributed by atoms with van der Waals surface area (Å²) in [5, 5.41) is 21.9. The van der Waals surface area contributed by atoms with E-state index in [1.807, 2.05) is 16.8 Å². The number of thiophene rings is 1. The number of carbonyl (C=O) groups excluding carboxylic acids is 1. The molecule has 1 aromatic carbocycles. The molecule has 2 rings (SSSR count). The van der Waals surface area contributed by atoms with E-state index in [4.69, 9.17) is 5.11 Å². The maximum absolute atomic E-state index is 10.8. The molecule has 5 nitrogen and oxygen atoms in total. The Morgan fingerprint density at radius 2 is 2.11 bits per heavy atom. The fraction of sp³-hybridized carbons (Fsp3) is 0. The number of hydrogen-bond acceptors (Lipinski definition) is 5. The van der Waals surface area contributed by atoms with Crippen molar-refractivity contribution in [3.05, 3.63) is 34.5 Å². The smallest absolute Gasteiger partial charge is 0.504 e. The number of hydrogen-bond donors (Lipinski definition) is 2. The molecule has 1 heterocycles. The molecule has 2 N–H and O–H groups in total. The second kappa shape index (κ2) is 4.89. The van der Waals surface area contributed by atoms with Crippen molar-refractivity contribution >= 4 is 23.8 Å². The summed E-state index contributed by atoms with van der Waals surface area (Å²) < 4.78 is 4.44. The molecule has 0 atom stereocenters. The predicted molar refractivity (Wildman–Crippen MR) is 65.5 cm³/mol. The fourth-order valence-corrected chi connectivity index (χ4v) is 2.15. The third-order valence-corrected chi connectivity index (χ3v) is 2.97. The highest BCUT2D eigenvalue weighted by Gasteiger charge is 2.14. The third-order valence-electron chi connectivity index (χ3n) is 2.28. The van der Waals surface area contributed by atoms with Gasteiger partial charge in [-0.05, 0) is 40.1 Å². The van der Waals surface area contributed by atoms with Gasteiger partial charge in [-0.2, -0.15) is 11.3 Å². The molecule has 92 valence electrons. The molecule has 2 aromatic rings. The number of carboxylic acid groups (broad SMARTS) is 1. The normalized spacial score (nSPS) is 10.0. The van der Waals surface area contributed by atoms with Crippen molar-refractivity contribution in [2.75, 3.05) is 0 Å². The highest BCUT2D eigenvalue weighted by atomic mass is 32.1. The van der Waals surface area contributed by atoms with Gasteiger partial charge in [-0.1, -0.05) is 0 Å². The predicted octanol–water partition coefficient (Wildman–Crippen LogP) is 2.99. The van der Waals surface area contributed by atoms with Crippen LogP contribution in [0.25, 0.3) is 11.1 Å². The first-order chi connectivity index (χ1) is 8.61. The summed E-state index contributed by atoms with van der Waals surface area (Å²) in [6.07, 6.45) is -1.11. The Balaban J connectivity index is 2.56. The van der Waals surface area contributed by atoms with Crippen molar-refractivity contribution in [2.24, 2.45) is 0 Å². The van der Waals surface area contributed by atoms with Gasteiger partial charge in [0.15, 0.2) is 17.8 Å². The lowest BCUT2D eigenvalue weighted by molar-refractivity contribution is 0.111. The van der Waals surface area contributed by atoms with Crippen molar-refractivity contribution in [3.8, 4) is 22.6 Å². The Hall–Kier alpha value is -2.34. The standard InChI is InChI=1S/C12H8O5S/c13-5-9-3-8(7-1-2-18-6-7)4-10(11(9)14)17-12(15)16/h1-6,14H,(H,15,16). The summed E-state index contributed by atoms with van der Waals surface area (Å²) in [6, 6.07) is 4.66. The molecule has 0 bridgehead atoms. The summed E-state index contributed by atoms with van der Waals surface area (Å²) in [7, 11) is 0. The molecule has 18 heavy (non-hydrogen) atoms. The number of rotatable bonds is 3. The van der Waals surface area contributed by atoms with E-state index >= 15 is 0 Å². The van der Waals surface area contributed by atoms with Gasteiger partial charge in [-0.25, -0.2) is 4.79 Å². The van der Waals surface area contributed by atoms with Crippen LogP contribution in [-0.4, -0.2) is 22.7 Å². The van der Waals surface area contributed by atoms with E-state index in [9.17, 15) is 14.7 Å². The molecule has 0 aliphatic carbocycles. The number of phenols is 1. The Bertz CT molecular complexity index is 589. The highest BCUT2D eigenvalue weighted by molar-refractivity contribution is 7.08. The van der Waals surface area contributed by atoms with Crippen molar-refractivity contribution in [3.63, 3.8) is 0 Å². The molecule has 0 amide bonds. The van der Waals surface area contributed by atoms with Gasteiger partial charge in [0.2, 0.25) is 0 Å². The van der Waals surface area contributed by atoms with Crippen LogP contribution in [0, 0.1) is 0 Å². The van der Waals surface area contributed by atoms with E-state index in [2.05, 4.69) is 4.74 Å². The van der Waals surface area contributed by atoms with E-state index in [0.717, 1.165) is 5.56 Å². The van der Waals surface area contributed by atoms with Crippen LogP contribution in [0.4, 0.5) is 4.79 Å². The molecule has 0 saturated heterocycles. The van der Waals surface area contributed by atoms with Gasteiger partial charge >= 0.3 is 6.16 Å². The Morgan fingerprint density at radius 1 is 1.33 bits per heavy atom. The number of phenolic OH excluding ortho intramolecular Hbond substituents is 1. The maximum Gasteiger partial charge on any atom is 0.511 e. The first-order valence-electron chi connectivity index (χ1n) is 4.87. The first-order valence-corrected chi connectivity index (χ1v) is 5.81. The largest absolute Gasteiger partial charge is 0.511 e. The quantitative estimate of drug-likeness (QED) is 0.505. The Labute approximate surface area is 106 Å². The second-order valence-electron chi connectivity index (χ2n) is 3.41. The van der Waals surface area contributed by atoms with Crippen LogP contribution in [0.1, 0.15) is 10.4 Å². The van der Waals surface area contributed by atoms with E-state index < -0.39 is 11.9 Å². The zero-order valence-electron chi connectivity index (χ0n) is 8.99. The van der Waals surface area contributed by atoms with Crippen LogP contribution in [0.3, 0.4) is 0 Å². The number of aromatic hydroxyl groups is 1. The van der Waals surface area contributed by atoms with Gasteiger partial charge in [0.1, 0.15) is 0 Å². The second-order valence-corrected chi connectivity index (χ2v) is 4.19. The van der Waals surface area contributed by atoms with Gasteiger partial charge in [-0.15, -0.1) is 0 Å². The molecule has 1 aromatic heterocycles. The third kappa shape index (κ3) is 2.33. The van der Waals surface area contributed by atoms with Gasteiger partial charge in [0.05, 0.1) is 5.56 Å². The number of aldehydes is 1. The van der Waals surface area contributed by atoms with Crippen molar-refractivity contribution < 1.29 is 24.5 Å². The lowest BCUT2D eigenvalue weighted by Crippen LogP contribution is -2.04. The summed E-state index contributed by atoms with van der Waals surface area (Å²) >= 11 is 1.46. The van der Waals surface area contributed by atoms with Crippen LogP contribution in [0.15, 0.2) is 29.0 Å². The lowest BCUT2D eigenvalue weighted by atomic mass is 10.0. The number of carbonyl (C=O) groups is 2. The molecule has 0 unspecified atom stereocenters. The summed E-state index contributed by atoms with van der Waals surface area (Å²) in [6.45, 7) is 0. The molecular weight excluding hydrogens is 256 g/mol. The van der Waals surface area contributed by atoms with Crippen LogP contribution in [0.5, 0.6) is 11.5 Å². The minimum absolute atomic E-state index is 0.0186. The molecule has 6 heteroatoms. The van der Waals surface area contributed by atoms with Crippen LogP contribution >= 0.6 is 11.3 Å². The average Bonchev–Trinajstić information content (AvgIpc) is 2.84. The molecule has 0 aliphatic heterocycles. The van der Waals surface area contributed by atoms with Gasteiger partial charge in [0, 0.05) is 0 Å². The van der Waals surface area contributed by atoms with Crippen LogP contribution < -0.4 is 4.74 Å². The molecule has 0 aliphatic rings. The SMILES string of the molecule is O=Cc1cc(-c2ccsc2)cc(OC(=O)O)c1O. The number of ether oxygens (including phenoxy) is 1. The number of benzene rings is 1. The van der Waals surface area contributed by atoms with E-state index in [1.165, 1.54) is 23.5 Å². The molecular formula is C12H8O5S. The minimum Gasteiger partial charge on any atom is -0.504 e. The zero-order chi connectivity index (χ0) is 13.1. The minimum atomic E-state index is -1.55. The van der Waals surface area contributed by atoms with E-state index in [0.29, 0.717) is 11.8 Å². The van der Waals surface area contributed by atoms with Crippen molar-refractivity contribution in [2.45, 2.75) is 0 Å². The highest BCUT2D eigenvalue weighted by Crippen LogP contribution is 2.35. The fourth-order valence-electron chi connectivity index (χ4n) is 1.49. The maximum atomic E-state index is 10.8. The topological polar surface area (TPSA) is 83.8 Å². The van der Waals surface area contributed by atoms with Gasteiger partial charge in [-0.3, -0.25) is 4.79 Å². The van der Waals surface area contributed by atoms with Crippen molar-refractivity contribution in [1.82, 2.24) is 0 Å². The van der Waals surface area contributed by atoms with Gasteiger partial charge in [0.25, 0.3) is 0 Å². The monoisotopic (exact) mass is 264 g/mol. The Kier molecular flexibility index (Phi) is 3.29. The summed E-state index contributed by atoms with van der Waals surface area (Å²) in [5.41, 5.74) is 1.40. The van der Waals surface area contributed by atoms with E-state index in [-0.39, 0.29) is 11.3 Å². The molecule has 0 saturated carbocycles. The zero-order valence-corrected chi connectivity index (χ0v) is 9.81. The molecule has 0 fully saturated rings. The summed E-state index contributed by atoms with van der Waals surface area (Å²) in [4.78, 5) is 21.3. The Morgan fingerprint density at radius 3 is 2.67 bits per heavy atom.